The normalized spacial score (nSPS) is 15.2. The zero-order chi connectivity index (χ0) is 14.1. The summed E-state index contributed by atoms with van der Waals surface area (Å²) in [7, 11) is 1.60. The molecule has 0 spiro atoms. The Balaban J connectivity index is 4.91. The lowest BCUT2D eigenvalue weighted by molar-refractivity contribution is -0.136. The van der Waals surface area contributed by atoms with Crippen LogP contribution in [0, 0.1) is 5.92 Å². The number of oxime groups is 1. The highest BCUT2D eigenvalue weighted by Gasteiger charge is 2.29. The standard InChI is InChI=1S/C12H25N3O3/c1-5-7-10(11(13)14-17)12(16)15(6-2)9(3)8-18-4/h9-10,17H,5-8H2,1-4H3,(H2,13,14). The van der Waals surface area contributed by atoms with Crippen molar-refractivity contribution in [3.63, 3.8) is 0 Å². The third-order valence-electron chi connectivity index (χ3n) is 2.91. The molecule has 2 atom stereocenters. The molecule has 2 unspecified atom stereocenters. The molecule has 0 saturated carbocycles. The van der Waals surface area contributed by atoms with Gasteiger partial charge in [-0.05, 0) is 20.3 Å². The van der Waals surface area contributed by atoms with Gasteiger partial charge in [-0.25, -0.2) is 0 Å². The average Bonchev–Trinajstić information content (AvgIpc) is 2.36. The number of nitrogens with zero attached hydrogens (tertiary/aromatic N) is 2. The smallest absolute Gasteiger partial charge is 0.233 e. The first-order valence-electron chi connectivity index (χ1n) is 6.30. The van der Waals surface area contributed by atoms with Crippen molar-refractivity contribution in [1.82, 2.24) is 4.90 Å². The van der Waals surface area contributed by atoms with Crippen LogP contribution in [0.25, 0.3) is 0 Å². The molecule has 0 aliphatic carbocycles. The van der Waals surface area contributed by atoms with E-state index in [4.69, 9.17) is 15.7 Å². The van der Waals surface area contributed by atoms with E-state index in [0.717, 1.165) is 6.42 Å². The number of methoxy groups -OCH3 is 1. The van der Waals surface area contributed by atoms with Crippen LogP contribution in [0.2, 0.25) is 0 Å². The summed E-state index contributed by atoms with van der Waals surface area (Å²) >= 11 is 0. The van der Waals surface area contributed by atoms with Crippen molar-refractivity contribution >= 4 is 11.7 Å². The van der Waals surface area contributed by atoms with Crippen LogP contribution in [0.1, 0.15) is 33.6 Å². The van der Waals surface area contributed by atoms with Gasteiger partial charge in [0.15, 0.2) is 5.84 Å². The van der Waals surface area contributed by atoms with Crippen LogP contribution in [0.3, 0.4) is 0 Å². The molecule has 3 N–H and O–H groups in total. The Bertz CT molecular complexity index is 282. The van der Waals surface area contributed by atoms with Gasteiger partial charge in [-0.3, -0.25) is 4.79 Å². The number of hydrogen-bond acceptors (Lipinski definition) is 4. The Kier molecular flexibility index (Phi) is 8.11. The molecule has 0 aliphatic rings. The quantitative estimate of drug-likeness (QED) is 0.295. The van der Waals surface area contributed by atoms with E-state index in [9.17, 15) is 4.79 Å². The SMILES string of the molecule is CCCC(C(=O)N(CC)C(C)COC)C(N)=NO. The first kappa shape index (κ1) is 16.7. The van der Waals surface area contributed by atoms with Gasteiger partial charge in [0.2, 0.25) is 5.91 Å². The Morgan fingerprint density at radius 3 is 2.50 bits per heavy atom. The van der Waals surface area contributed by atoms with Crippen molar-refractivity contribution in [2.45, 2.75) is 39.7 Å². The number of carbonyl (C=O) groups is 1. The van der Waals surface area contributed by atoms with Gasteiger partial charge in [0.25, 0.3) is 0 Å². The maximum Gasteiger partial charge on any atom is 0.233 e. The Morgan fingerprint density at radius 1 is 1.50 bits per heavy atom. The van der Waals surface area contributed by atoms with Crippen LogP contribution in [-0.2, 0) is 9.53 Å². The molecule has 0 saturated heterocycles. The Hall–Kier alpha value is -1.30. The topological polar surface area (TPSA) is 88.2 Å². The van der Waals surface area contributed by atoms with Crippen molar-refractivity contribution in [3.8, 4) is 0 Å². The molecular formula is C12H25N3O3. The summed E-state index contributed by atoms with van der Waals surface area (Å²) < 4.78 is 5.06. The fourth-order valence-electron chi connectivity index (χ4n) is 1.97. The lowest BCUT2D eigenvalue weighted by Crippen LogP contribution is -2.47. The molecule has 0 aromatic carbocycles. The van der Waals surface area contributed by atoms with E-state index in [2.05, 4.69) is 5.16 Å². The lowest BCUT2D eigenvalue weighted by atomic mass is 10.00. The van der Waals surface area contributed by atoms with E-state index in [-0.39, 0.29) is 17.8 Å². The second-order valence-electron chi connectivity index (χ2n) is 4.29. The van der Waals surface area contributed by atoms with E-state index >= 15 is 0 Å². The summed E-state index contributed by atoms with van der Waals surface area (Å²) in [5, 5.41) is 11.7. The predicted molar refractivity (Wildman–Crippen MR) is 70.5 cm³/mol. The second-order valence-corrected chi connectivity index (χ2v) is 4.29. The molecule has 0 rings (SSSR count). The van der Waals surface area contributed by atoms with Crippen LogP contribution in [0.15, 0.2) is 5.16 Å². The number of rotatable bonds is 8. The Labute approximate surface area is 109 Å². The maximum absolute atomic E-state index is 12.4. The first-order valence-corrected chi connectivity index (χ1v) is 6.30. The van der Waals surface area contributed by atoms with Gasteiger partial charge >= 0.3 is 0 Å². The number of amides is 1. The molecule has 18 heavy (non-hydrogen) atoms. The van der Waals surface area contributed by atoms with Crippen molar-refractivity contribution in [3.05, 3.63) is 0 Å². The average molecular weight is 259 g/mol. The number of hydrogen-bond donors (Lipinski definition) is 2. The number of nitrogens with two attached hydrogens (primary N) is 1. The highest BCUT2D eigenvalue weighted by molar-refractivity contribution is 6.02. The monoisotopic (exact) mass is 259 g/mol. The van der Waals surface area contributed by atoms with E-state index in [0.29, 0.717) is 19.6 Å². The van der Waals surface area contributed by atoms with Crippen molar-refractivity contribution in [2.24, 2.45) is 16.8 Å². The minimum atomic E-state index is -0.556. The molecule has 0 bridgehead atoms. The van der Waals surface area contributed by atoms with E-state index in [1.165, 1.54) is 0 Å². The molecule has 6 heteroatoms. The molecule has 0 aliphatic heterocycles. The van der Waals surface area contributed by atoms with Gasteiger partial charge in [-0.15, -0.1) is 0 Å². The number of ether oxygens (including phenoxy) is 1. The molecule has 0 aromatic heterocycles. The number of amidine groups is 1. The summed E-state index contributed by atoms with van der Waals surface area (Å²) in [6, 6.07) is -0.0293. The Morgan fingerprint density at radius 2 is 2.11 bits per heavy atom. The van der Waals surface area contributed by atoms with E-state index in [1.807, 2.05) is 20.8 Å². The molecule has 0 radical (unpaired) electrons. The molecule has 106 valence electrons. The van der Waals surface area contributed by atoms with Crippen molar-refractivity contribution in [2.75, 3.05) is 20.3 Å². The van der Waals surface area contributed by atoms with Gasteiger partial charge in [-0.2, -0.15) is 0 Å². The zero-order valence-corrected chi connectivity index (χ0v) is 11.7. The van der Waals surface area contributed by atoms with Gasteiger partial charge in [-0.1, -0.05) is 18.5 Å². The summed E-state index contributed by atoms with van der Waals surface area (Å²) in [6.45, 7) is 6.82. The second kappa shape index (κ2) is 8.74. The van der Waals surface area contributed by atoms with Crippen molar-refractivity contribution in [1.29, 1.82) is 0 Å². The minimum Gasteiger partial charge on any atom is -0.409 e. The van der Waals surface area contributed by atoms with Crippen LogP contribution in [0.5, 0.6) is 0 Å². The van der Waals surface area contributed by atoms with E-state index < -0.39 is 5.92 Å². The third kappa shape index (κ3) is 4.52. The van der Waals surface area contributed by atoms with Gasteiger partial charge in [0.05, 0.1) is 18.6 Å². The summed E-state index contributed by atoms with van der Waals surface area (Å²) in [5.74, 6) is -0.691. The predicted octanol–water partition coefficient (Wildman–Crippen LogP) is 1.03. The number of carbonyl (C=O) groups excluding carboxylic acids is 1. The highest BCUT2D eigenvalue weighted by Crippen LogP contribution is 2.13. The zero-order valence-electron chi connectivity index (χ0n) is 11.7. The van der Waals surface area contributed by atoms with Crippen LogP contribution in [-0.4, -0.2) is 48.2 Å². The largest absolute Gasteiger partial charge is 0.409 e. The van der Waals surface area contributed by atoms with Gasteiger partial charge in [0.1, 0.15) is 0 Å². The molecule has 0 fully saturated rings. The lowest BCUT2D eigenvalue weighted by Gasteiger charge is -2.30. The molecule has 0 heterocycles. The third-order valence-corrected chi connectivity index (χ3v) is 2.91. The summed E-state index contributed by atoms with van der Waals surface area (Å²) in [6.07, 6.45) is 1.37. The highest BCUT2D eigenvalue weighted by atomic mass is 16.5. The fourth-order valence-corrected chi connectivity index (χ4v) is 1.97. The molecular weight excluding hydrogens is 234 g/mol. The minimum absolute atomic E-state index is 0.0232. The first-order chi connectivity index (χ1) is 8.53. The van der Waals surface area contributed by atoms with Crippen LogP contribution < -0.4 is 5.73 Å². The maximum atomic E-state index is 12.4. The van der Waals surface area contributed by atoms with Crippen LogP contribution >= 0.6 is 0 Å². The summed E-state index contributed by atoms with van der Waals surface area (Å²) in [5.41, 5.74) is 5.59. The van der Waals surface area contributed by atoms with Gasteiger partial charge in [0, 0.05) is 13.7 Å². The number of likely N-dealkylation sites (N-methyl/N-ethyl adjacent to an activating group) is 1. The van der Waals surface area contributed by atoms with Crippen LogP contribution in [0.4, 0.5) is 0 Å². The van der Waals surface area contributed by atoms with E-state index in [1.54, 1.807) is 12.0 Å². The van der Waals surface area contributed by atoms with Gasteiger partial charge < -0.3 is 20.6 Å². The summed E-state index contributed by atoms with van der Waals surface area (Å²) in [4.78, 5) is 14.1. The van der Waals surface area contributed by atoms with Crippen molar-refractivity contribution < 1.29 is 14.7 Å². The molecule has 1 amide bonds. The fraction of sp³-hybridized carbons (Fsp3) is 0.833. The molecule has 0 aromatic rings. The molecule has 6 nitrogen and oxygen atoms in total.